The molecule has 134 valence electrons. The van der Waals surface area contributed by atoms with E-state index in [0.717, 1.165) is 50.6 Å². The Morgan fingerprint density at radius 1 is 1.32 bits per heavy atom. The average molecular weight is 341 g/mol. The van der Waals surface area contributed by atoms with Crippen LogP contribution in [-0.2, 0) is 4.79 Å². The summed E-state index contributed by atoms with van der Waals surface area (Å²) in [6, 6.07) is 9.72. The maximum atomic E-state index is 13.0. The van der Waals surface area contributed by atoms with Crippen LogP contribution in [0.4, 0.5) is 0 Å². The van der Waals surface area contributed by atoms with E-state index in [0.29, 0.717) is 11.7 Å². The molecule has 0 bridgehead atoms. The van der Waals surface area contributed by atoms with Crippen LogP contribution >= 0.6 is 0 Å². The van der Waals surface area contributed by atoms with E-state index >= 15 is 0 Å². The first kappa shape index (κ1) is 17.6. The Kier molecular flexibility index (Phi) is 5.84. The number of hydrogen-bond donors (Lipinski definition) is 0. The highest BCUT2D eigenvalue weighted by Gasteiger charge is 2.36. The van der Waals surface area contributed by atoms with Crippen LogP contribution < -0.4 is 0 Å². The summed E-state index contributed by atoms with van der Waals surface area (Å²) in [6.45, 7) is 5.05. The molecule has 0 radical (unpaired) electrons. The molecule has 25 heavy (non-hydrogen) atoms. The number of carbonyl (C=O) groups excluding carboxylic acids is 1. The fourth-order valence-electron chi connectivity index (χ4n) is 3.55. The van der Waals surface area contributed by atoms with Crippen molar-refractivity contribution in [2.75, 3.05) is 6.54 Å². The van der Waals surface area contributed by atoms with E-state index in [-0.39, 0.29) is 17.9 Å². The summed E-state index contributed by atoms with van der Waals surface area (Å²) in [6.07, 6.45) is 5.96. The van der Waals surface area contributed by atoms with Crippen molar-refractivity contribution in [3.63, 3.8) is 0 Å². The SMILES string of the molecule is CCCC[C@H](CC)C(=O)N1CCC[C@H]1c1nc(-c2ccccc2)no1. The van der Waals surface area contributed by atoms with Crippen molar-refractivity contribution in [3.05, 3.63) is 36.2 Å². The molecule has 0 unspecified atom stereocenters. The van der Waals surface area contributed by atoms with Gasteiger partial charge in [0, 0.05) is 18.0 Å². The van der Waals surface area contributed by atoms with Crippen LogP contribution in [0.3, 0.4) is 0 Å². The summed E-state index contributed by atoms with van der Waals surface area (Å²) in [7, 11) is 0. The van der Waals surface area contributed by atoms with Crippen molar-refractivity contribution in [3.8, 4) is 11.4 Å². The quantitative estimate of drug-likeness (QED) is 0.737. The molecule has 5 heteroatoms. The lowest BCUT2D eigenvalue weighted by atomic mass is 9.97. The van der Waals surface area contributed by atoms with E-state index < -0.39 is 0 Å². The van der Waals surface area contributed by atoms with Crippen molar-refractivity contribution in [1.29, 1.82) is 0 Å². The predicted molar refractivity (Wildman–Crippen MR) is 96.7 cm³/mol. The minimum absolute atomic E-state index is 0.0758. The second-order valence-electron chi connectivity index (χ2n) is 6.76. The van der Waals surface area contributed by atoms with Gasteiger partial charge in [-0.2, -0.15) is 4.98 Å². The van der Waals surface area contributed by atoms with E-state index in [2.05, 4.69) is 24.0 Å². The second kappa shape index (κ2) is 8.28. The number of rotatable bonds is 7. The second-order valence-corrected chi connectivity index (χ2v) is 6.76. The number of likely N-dealkylation sites (tertiary alicyclic amines) is 1. The first-order valence-corrected chi connectivity index (χ1v) is 9.44. The van der Waals surface area contributed by atoms with Crippen molar-refractivity contribution in [1.82, 2.24) is 15.0 Å². The third-order valence-electron chi connectivity index (χ3n) is 5.04. The maximum Gasteiger partial charge on any atom is 0.249 e. The highest BCUT2D eigenvalue weighted by atomic mass is 16.5. The molecule has 2 heterocycles. The number of amides is 1. The van der Waals surface area contributed by atoms with Crippen LogP contribution in [0.25, 0.3) is 11.4 Å². The number of carbonyl (C=O) groups is 1. The fraction of sp³-hybridized carbons (Fsp3) is 0.550. The average Bonchev–Trinajstić information content (AvgIpc) is 3.32. The summed E-state index contributed by atoms with van der Waals surface area (Å²) in [5.74, 6) is 1.51. The molecular formula is C20H27N3O2. The minimum Gasteiger partial charge on any atom is -0.337 e. The summed E-state index contributed by atoms with van der Waals surface area (Å²) in [4.78, 5) is 19.5. The Morgan fingerprint density at radius 3 is 2.84 bits per heavy atom. The largest absolute Gasteiger partial charge is 0.337 e. The van der Waals surface area contributed by atoms with Crippen LogP contribution in [0.2, 0.25) is 0 Å². The Balaban J connectivity index is 1.75. The van der Waals surface area contributed by atoms with Crippen molar-refractivity contribution in [2.24, 2.45) is 5.92 Å². The molecule has 1 aromatic heterocycles. The standard InChI is InChI=1S/C20H27N3O2/c1-3-5-10-15(4-2)20(24)23-14-9-13-17(23)19-21-18(22-25-19)16-11-7-6-8-12-16/h6-8,11-12,15,17H,3-5,9-10,13-14H2,1-2H3/t15-,17-/m0/s1. The number of aromatic nitrogens is 2. The van der Waals surface area contributed by atoms with E-state index in [9.17, 15) is 4.79 Å². The fourth-order valence-corrected chi connectivity index (χ4v) is 3.55. The molecule has 1 aliphatic rings. The molecule has 2 aromatic rings. The van der Waals surface area contributed by atoms with Crippen LogP contribution in [-0.4, -0.2) is 27.5 Å². The molecular weight excluding hydrogens is 314 g/mol. The molecule has 1 fully saturated rings. The highest BCUT2D eigenvalue weighted by Crippen LogP contribution is 2.34. The van der Waals surface area contributed by atoms with Gasteiger partial charge in [0.1, 0.15) is 6.04 Å². The van der Waals surface area contributed by atoms with E-state index in [1.807, 2.05) is 35.2 Å². The molecule has 5 nitrogen and oxygen atoms in total. The third kappa shape index (κ3) is 3.91. The molecule has 1 aromatic carbocycles. The van der Waals surface area contributed by atoms with Crippen LogP contribution in [0.15, 0.2) is 34.9 Å². The molecule has 2 atom stereocenters. The monoisotopic (exact) mass is 341 g/mol. The first-order valence-electron chi connectivity index (χ1n) is 9.44. The van der Waals surface area contributed by atoms with Gasteiger partial charge >= 0.3 is 0 Å². The molecule has 3 rings (SSSR count). The Hall–Kier alpha value is -2.17. The predicted octanol–water partition coefficient (Wildman–Crippen LogP) is 4.62. The number of hydrogen-bond acceptors (Lipinski definition) is 4. The minimum atomic E-state index is -0.0758. The number of nitrogens with zero attached hydrogens (tertiary/aromatic N) is 3. The maximum absolute atomic E-state index is 13.0. The van der Waals surface area contributed by atoms with E-state index in [4.69, 9.17) is 4.52 Å². The van der Waals surface area contributed by atoms with Crippen LogP contribution in [0.1, 0.15) is 64.3 Å². The molecule has 1 aliphatic heterocycles. The first-order chi connectivity index (χ1) is 12.2. The zero-order valence-electron chi connectivity index (χ0n) is 15.1. The van der Waals surface area contributed by atoms with Crippen LogP contribution in [0.5, 0.6) is 0 Å². The number of unbranched alkanes of at least 4 members (excludes halogenated alkanes) is 1. The van der Waals surface area contributed by atoms with Gasteiger partial charge in [0.2, 0.25) is 17.6 Å². The Morgan fingerprint density at radius 2 is 2.12 bits per heavy atom. The molecule has 0 saturated carbocycles. The molecule has 0 aliphatic carbocycles. The normalized spacial score (nSPS) is 18.5. The summed E-state index contributed by atoms with van der Waals surface area (Å²) in [5.41, 5.74) is 0.933. The zero-order chi connectivity index (χ0) is 17.6. The lowest BCUT2D eigenvalue weighted by Crippen LogP contribution is -2.35. The van der Waals surface area contributed by atoms with Gasteiger partial charge in [-0.25, -0.2) is 0 Å². The van der Waals surface area contributed by atoms with Crippen molar-refractivity contribution in [2.45, 2.75) is 58.4 Å². The van der Waals surface area contributed by atoms with Gasteiger partial charge in [-0.3, -0.25) is 4.79 Å². The lowest BCUT2D eigenvalue weighted by molar-refractivity contribution is -0.137. The van der Waals surface area contributed by atoms with Gasteiger partial charge in [0.15, 0.2) is 0 Å². The highest BCUT2D eigenvalue weighted by molar-refractivity contribution is 5.79. The molecule has 0 spiro atoms. The van der Waals surface area contributed by atoms with Gasteiger partial charge in [0.05, 0.1) is 0 Å². The van der Waals surface area contributed by atoms with Crippen molar-refractivity contribution < 1.29 is 9.32 Å². The van der Waals surface area contributed by atoms with Gasteiger partial charge in [-0.15, -0.1) is 0 Å². The third-order valence-corrected chi connectivity index (χ3v) is 5.04. The van der Waals surface area contributed by atoms with Gasteiger partial charge in [-0.1, -0.05) is 62.2 Å². The van der Waals surface area contributed by atoms with E-state index in [1.165, 1.54) is 0 Å². The molecule has 1 amide bonds. The number of benzene rings is 1. The van der Waals surface area contributed by atoms with Gasteiger partial charge < -0.3 is 9.42 Å². The van der Waals surface area contributed by atoms with Crippen LogP contribution in [0, 0.1) is 5.92 Å². The van der Waals surface area contributed by atoms with Gasteiger partial charge in [-0.05, 0) is 25.7 Å². The molecule has 1 saturated heterocycles. The van der Waals surface area contributed by atoms with Crippen molar-refractivity contribution >= 4 is 5.91 Å². The van der Waals surface area contributed by atoms with E-state index in [1.54, 1.807) is 0 Å². The topological polar surface area (TPSA) is 59.2 Å². The zero-order valence-corrected chi connectivity index (χ0v) is 15.1. The lowest BCUT2D eigenvalue weighted by Gasteiger charge is -2.26. The summed E-state index contributed by atoms with van der Waals surface area (Å²) < 4.78 is 5.52. The summed E-state index contributed by atoms with van der Waals surface area (Å²) in [5, 5.41) is 4.12. The Bertz CT molecular complexity index is 683. The summed E-state index contributed by atoms with van der Waals surface area (Å²) >= 11 is 0. The smallest absolute Gasteiger partial charge is 0.249 e. The molecule has 0 N–H and O–H groups in total. The van der Waals surface area contributed by atoms with Gasteiger partial charge in [0.25, 0.3) is 0 Å². The Labute approximate surface area is 149 Å².